The van der Waals surface area contributed by atoms with Crippen LogP contribution in [-0.2, 0) is 11.3 Å². The predicted molar refractivity (Wildman–Crippen MR) is 99.9 cm³/mol. The van der Waals surface area contributed by atoms with Crippen LogP contribution in [0.4, 0.5) is 5.69 Å². The van der Waals surface area contributed by atoms with Crippen molar-refractivity contribution in [2.75, 3.05) is 5.32 Å². The molecule has 1 heterocycles. The van der Waals surface area contributed by atoms with Gasteiger partial charge in [0, 0.05) is 16.8 Å². The summed E-state index contributed by atoms with van der Waals surface area (Å²) in [5.74, 6) is 0.910. The van der Waals surface area contributed by atoms with Crippen LogP contribution in [0.1, 0.15) is 5.69 Å². The number of nitrogens with zero attached hydrogens (tertiary/aromatic N) is 1. The van der Waals surface area contributed by atoms with Crippen molar-refractivity contribution >= 4 is 34.5 Å². The second kappa shape index (κ2) is 7.55. The molecule has 2 aromatic carbocycles. The highest BCUT2D eigenvalue weighted by Gasteiger charge is 2.09. The van der Waals surface area contributed by atoms with Crippen molar-refractivity contribution in [2.45, 2.75) is 13.5 Å². The van der Waals surface area contributed by atoms with Gasteiger partial charge in [0.1, 0.15) is 18.0 Å². The number of hydrogen-bond acceptors (Lipinski definition) is 4. The van der Waals surface area contributed by atoms with E-state index in [4.69, 9.17) is 16.3 Å². The molecule has 3 rings (SSSR count). The van der Waals surface area contributed by atoms with Crippen molar-refractivity contribution in [1.82, 2.24) is 4.57 Å². The molecule has 0 unspecified atom stereocenters. The molecule has 25 heavy (non-hydrogen) atoms. The van der Waals surface area contributed by atoms with Gasteiger partial charge in [-0.3, -0.25) is 14.2 Å². The largest absolute Gasteiger partial charge is 0.456 e. The molecule has 0 saturated heterocycles. The first-order valence-electron chi connectivity index (χ1n) is 7.50. The van der Waals surface area contributed by atoms with Crippen molar-refractivity contribution < 1.29 is 9.53 Å². The molecule has 1 amide bonds. The zero-order valence-electron chi connectivity index (χ0n) is 13.4. The van der Waals surface area contributed by atoms with Gasteiger partial charge in [-0.25, -0.2) is 0 Å². The van der Waals surface area contributed by atoms with Crippen LogP contribution in [0.3, 0.4) is 0 Å². The molecular weight excluding hydrogens is 360 g/mol. The van der Waals surface area contributed by atoms with E-state index in [1.165, 1.54) is 4.57 Å². The summed E-state index contributed by atoms with van der Waals surface area (Å²) in [5, 5.41) is 5.02. The molecule has 0 aliphatic heterocycles. The molecule has 3 aromatic rings. The number of para-hydroxylation sites is 1. The molecule has 1 N–H and O–H groups in total. The Morgan fingerprint density at radius 3 is 2.56 bits per heavy atom. The molecule has 128 valence electrons. The third kappa shape index (κ3) is 4.29. The maximum Gasteiger partial charge on any atom is 0.307 e. The summed E-state index contributed by atoms with van der Waals surface area (Å²) < 4.78 is 7.14. The fraction of sp³-hybridized carbons (Fsp3) is 0.111. The van der Waals surface area contributed by atoms with Crippen LogP contribution in [0.5, 0.6) is 11.5 Å². The molecule has 0 aliphatic carbocycles. The van der Waals surface area contributed by atoms with E-state index in [-0.39, 0.29) is 17.3 Å². The first-order valence-corrected chi connectivity index (χ1v) is 8.76. The van der Waals surface area contributed by atoms with Crippen LogP contribution in [0.25, 0.3) is 0 Å². The summed E-state index contributed by atoms with van der Waals surface area (Å²) in [6.07, 6.45) is 0. The van der Waals surface area contributed by atoms with Crippen molar-refractivity contribution in [2.24, 2.45) is 0 Å². The van der Waals surface area contributed by atoms with Gasteiger partial charge in [0.25, 0.3) is 0 Å². The zero-order valence-corrected chi connectivity index (χ0v) is 14.9. The Kier molecular flexibility index (Phi) is 5.21. The molecule has 0 fully saturated rings. The van der Waals surface area contributed by atoms with Gasteiger partial charge in [0.05, 0.1) is 5.02 Å². The first kappa shape index (κ1) is 17.3. The topological polar surface area (TPSA) is 60.3 Å². The standard InChI is InChI=1S/C18H15ClN2O3S/c1-12-11-25-18(23)21(12)10-17(22)20-13-6-8-14(9-7-13)24-16-5-3-2-4-15(16)19/h2-9,11H,10H2,1H3,(H,20,22). The van der Waals surface area contributed by atoms with E-state index >= 15 is 0 Å². The molecule has 0 atom stereocenters. The van der Waals surface area contributed by atoms with E-state index in [9.17, 15) is 9.59 Å². The number of anilines is 1. The Morgan fingerprint density at radius 1 is 1.20 bits per heavy atom. The number of carbonyl (C=O) groups is 1. The number of aryl methyl sites for hydroxylation is 1. The number of hydrogen-bond donors (Lipinski definition) is 1. The van der Waals surface area contributed by atoms with Crippen molar-refractivity contribution in [3.63, 3.8) is 0 Å². The zero-order chi connectivity index (χ0) is 17.8. The molecule has 0 aliphatic rings. The van der Waals surface area contributed by atoms with E-state index in [0.717, 1.165) is 17.0 Å². The summed E-state index contributed by atoms with van der Waals surface area (Å²) in [6, 6.07) is 14.1. The van der Waals surface area contributed by atoms with Crippen molar-refractivity contribution in [3.8, 4) is 11.5 Å². The fourth-order valence-corrected chi connectivity index (χ4v) is 3.11. The first-order chi connectivity index (χ1) is 12.0. The van der Waals surface area contributed by atoms with Crippen LogP contribution in [0, 0.1) is 6.92 Å². The molecule has 0 radical (unpaired) electrons. The van der Waals surface area contributed by atoms with Crippen molar-refractivity contribution in [3.05, 3.63) is 74.3 Å². The number of thiazole rings is 1. The Hall–Kier alpha value is -2.57. The number of rotatable bonds is 5. The van der Waals surface area contributed by atoms with Gasteiger partial charge in [0.15, 0.2) is 0 Å². The molecule has 1 aromatic heterocycles. The maximum absolute atomic E-state index is 12.1. The van der Waals surface area contributed by atoms with E-state index in [1.54, 1.807) is 48.7 Å². The highest BCUT2D eigenvalue weighted by Crippen LogP contribution is 2.29. The maximum atomic E-state index is 12.1. The minimum Gasteiger partial charge on any atom is -0.456 e. The van der Waals surface area contributed by atoms with E-state index < -0.39 is 0 Å². The Labute approximate surface area is 153 Å². The normalized spacial score (nSPS) is 10.5. The average molecular weight is 375 g/mol. The van der Waals surface area contributed by atoms with Gasteiger partial charge in [-0.1, -0.05) is 35.1 Å². The van der Waals surface area contributed by atoms with Crippen LogP contribution in [0.15, 0.2) is 58.7 Å². The Balaban J connectivity index is 1.63. The van der Waals surface area contributed by atoms with Gasteiger partial charge >= 0.3 is 4.87 Å². The minimum absolute atomic E-state index is 0.00790. The third-order valence-corrected chi connectivity index (χ3v) is 4.67. The van der Waals surface area contributed by atoms with Crippen LogP contribution >= 0.6 is 22.9 Å². The number of ether oxygens (including phenoxy) is 1. The number of carbonyl (C=O) groups excluding carboxylic acids is 1. The smallest absolute Gasteiger partial charge is 0.307 e. The monoisotopic (exact) mass is 374 g/mol. The van der Waals surface area contributed by atoms with Crippen molar-refractivity contribution in [1.29, 1.82) is 0 Å². The second-order valence-electron chi connectivity index (χ2n) is 5.33. The third-order valence-electron chi connectivity index (χ3n) is 3.48. The quantitative estimate of drug-likeness (QED) is 0.724. The number of aromatic nitrogens is 1. The highest BCUT2D eigenvalue weighted by molar-refractivity contribution is 7.07. The summed E-state index contributed by atoms with van der Waals surface area (Å²) in [7, 11) is 0. The Bertz CT molecular complexity index is 947. The van der Waals surface area contributed by atoms with Crippen LogP contribution in [-0.4, -0.2) is 10.5 Å². The van der Waals surface area contributed by atoms with Crippen LogP contribution in [0.2, 0.25) is 5.02 Å². The SMILES string of the molecule is Cc1csc(=O)n1CC(=O)Nc1ccc(Oc2ccccc2Cl)cc1. The fourth-order valence-electron chi connectivity index (χ4n) is 2.20. The van der Waals surface area contributed by atoms with E-state index in [2.05, 4.69) is 5.32 Å². The molecular formula is C18H15ClN2O3S. The molecule has 7 heteroatoms. The highest BCUT2D eigenvalue weighted by atomic mass is 35.5. The summed E-state index contributed by atoms with van der Waals surface area (Å²) in [6.45, 7) is 1.79. The average Bonchev–Trinajstić information content (AvgIpc) is 2.90. The number of halogens is 1. The van der Waals surface area contributed by atoms with Gasteiger partial charge in [-0.15, -0.1) is 0 Å². The lowest BCUT2D eigenvalue weighted by Gasteiger charge is -2.09. The second-order valence-corrected chi connectivity index (χ2v) is 6.56. The lowest BCUT2D eigenvalue weighted by atomic mass is 10.3. The lowest BCUT2D eigenvalue weighted by molar-refractivity contribution is -0.116. The van der Waals surface area contributed by atoms with E-state index in [0.29, 0.717) is 22.2 Å². The number of amides is 1. The predicted octanol–water partition coefficient (Wildman–Crippen LogP) is 4.30. The molecule has 5 nitrogen and oxygen atoms in total. The van der Waals surface area contributed by atoms with Gasteiger partial charge in [-0.05, 0) is 43.3 Å². The lowest BCUT2D eigenvalue weighted by Crippen LogP contribution is -2.25. The number of nitrogens with one attached hydrogen (secondary N) is 1. The molecule has 0 saturated carbocycles. The van der Waals surface area contributed by atoms with Gasteiger partial charge in [-0.2, -0.15) is 0 Å². The minimum atomic E-state index is -0.261. The van der Waals surface area contributed by atoms with Gasteiger partial charge in [0.2, 0.25) is 5.91 Å². The molecule has 0 spiro atoms. The summed E-state index contributed by atoms with van der Waals surface area (Å²) >= 11 is 7.14. The van der Waals surface area contributed by atoms with Crippen LogP contribution < -0.4 is 14.9 Å². The number of benzene rings is 2. The van der Waals surface area contributed by atoms with E-state index in [1.807, 2.05) is 12.1 Å². The Morgan fingerprint density at radius 2 is 1.92 bits per heavy atom. The molecule has 0 bridgehead atoms. The summed E-state index contributed by atoms with van der Waals surface area (Å²) in [4.78, 5) is 23.6. The summed E-state index contributed by atoms with van der Waals surface area (Å²) in [5.41, 5.74) is 1.39. The van der Waals surface area contributed by atoms with Gasteiger partial charge < -0.3 is 10.1 Å².